The first kappa shape index (κ1) is 13.9. The van der Waals surface area contributed by atoms with E-state index in [1.54, 1.807) is 0 Å². The van der Waals surface area contributed by atoms with Crippen LogP contribution in [-0.2, 0) is 16.0 Å². The van der Waals surface area contributed by atoms with Gasteiger partial charge in [0.1, 0.15) is 6.61 Å². The molecule has 0 radical (unpaired) electrons. The van der Waals surface area contributed by atoms with Crippen molar-refractivity contribution in [3.63, 3.8) is 0 Å². The molecule has 1 aromatic rings. The van der Waals surface area contributed by atoms with Gasteiger partial charge in [0.05, 0.1) is 0 Å². The largest absolute Gasteiger partial charge is 0.374 e. The van der Waals surface area contributed by atoms with Crippen molar-refractivity contribution in [1.82, 2.24) is 0 Å². The van der Waals surface area contributed by atoms with Crippen LogP contribution in [0.2, 0.25) is 0 Å². The van der Waals surface area contributed by atoms with Gasteiger partial charge in [0.15, 0.2) is 5.78 Å². The quantitative estimate of drug-likeness (QED) is 0.676. The zero-order valence-corrected chi connectivity index (χ0v) is 11.0. The van der Waals surface area contributed by atoms with Crippen molar-refractivity contribution in [2.24, 2.45) is 0 Å². The maximum Gasteiger partial charge on any atom is 0.162 e. The number of hydrogen-bond donors (Lipinski definition) is 0. The molecule has 0 unspecified atom stereocenters. The van der Waals surface area contributed by atoms with E-state index in [4.69, 9.17) is 4.74 Å². The molecule has 0 bridgehead atoms. The van der Waals surface area contributed by atoms with Crippen LogP contribution in [0.4, 0.5) is 0 Å². The van der Waals surface area contributed by atoms with Crippen molar-refractivity contribution in [1.29, 1.82) is 0 Å². The Labute approximate surface area is 104 Å². The standard InChI is InChI=1S/C15H22O2/c1-4-9-17-11-15(16)10-13-5-7-14(8-6-13)12(2)3/h5-8,12H,4,9-11H2,1-3H3. The first-order chi connectivity index (χ1) is 8.13. The van der Waals surface area contributed by atoms with E-state index in [2.05, 4.69) is 26.0 Å². The highest BCUT2D eigenvalue weighted by Gasteiger charge is 2.04. The second kappa shape index (κ2) is 7.23. The minimum absolute atomic E-state index is 0.149. The molecule has 1 rings (SSSR count). The van der Waals surface area contributed by atoms with Gasteiger partial charge < -0.3 is 4.74 Å². The van der Waals surface area contributed by atoms with Crippen LogP contribution in [0.1, 0.15) is 44.2 Å². The highest BCUT2D eigenvalue weighted by atomic mass is 16.5. The van der Waals surface area contributed by atoms with Gasteiger partial charge in [0, 0.05) is 13.0 Å². The molecule has 2 heteroatoms. The molecule has 1 aromatic carbocycles. The summed E-state index contributed by atoms with van der Waals surface area (Å²) in [5.74, 6) is 0.684. The molecule has 0 aromatic heterocycles. The molecule has 0 saturated carbocycles. The van der Waals surface area contributed by atoms with E-state index in [1.165, 1.54) is 5.56 Å². The minimum Gasteiger partial charge on any atom is -0.374 e. The Morgan fingerprint density at radius 1 is 1.24 bits per heavy atom. The fraction of sp³-hybridized carbons (Fsp3) is 0.533. The van der Waals surface area contributed by atoms with Gasteiger partial charge in [-0.2, -0.15) is 0 Å². The molecule has 0 atom stereocenters. The number of ether oxygens (including phenoxy) is 1. The van der Waals surface area contributed by atoms with Crippen LogP contribution in [0.25, 0.3) is 0 Å². The summed E-state index contributed by atoms with van der Waals surface area (Å²) in [4.78, 5) is 11.6. The molecule has 94 valence electrons. The Morgan fingerprint density at radius 3 is 2.41 bits per heavy atom. The van der Waals surface area contributed by atoms with Gasteiger partial charge in [0.2, 0.25) is 0 Å². The number of carbonyl (C=O) groups excluding carboxylic acids is 1. The Bertz CT molecular complexity index is 338. The molecular weight excluding hydrogens is 212 g/mol. The molecule has 0 aliphatic rings. The van der Waals surface area contributed by atoms with E-state index < -0.39 is 0 Å². The summed E-state index contributed by atoms with van der Waals surface area (Å²) in [6.07, 6.45) is 1.43. The average Bonchev–Trinajstić information content (AvgIpc) is 2.30. The fourth-order valence-corrected chi connectivity index (χ4v) is 1.63. The summed E-state index contributed by atoms with van der Waals surface area (Å²) in [6, 6.07) is 8.26. The summed E-state index contributed by atoms with van der Waals surface area (Å²) < 4.78 is 5.23. The Balaban J connectivity index is 2.43. The third-order valence-corrected chi connectivity index (χ3v) is 2.66. The van der Waals surface area contributed by atoms with E-state index in [1.807, 2.05) is 19.1 Å². The van der Waals surface area contributed by atoms with Gasteiger partial charge in [0.25, 0.3) is 0 Å². The van der Waals surface area contributed by atoms with E-state index in [9.17, 15) is 4.79 Å². The lowest BCUT2D eigenvalue weighted by Crippen LogP contribution is -2.11. The molecule has 17 heavy (non-hydrogen) atoms. The summed E-state index contributed by atoms with van der Waals surface area (Å²) in [7, 11) is 0. The van der Waals surface area contributed by atoms with Crippen LogP contribution in [-0.4, -0.2) is 19.0 Å². The fourth-order valence-electron chi connectivity index (χ4n) is 1.63. The van der Waals surface area contributed by atoms with Crippen molar-refractivity contribution < 1.29 is 9.53 Å². The molecule has 0 N–H and O–H groups in total. The van der Waals surface area contributed by atoms with E-state index in [0.29, 0.717) is 18.9 Å². The summed E-state index contributed by atoms with van der Waals surface area (Å²) in [5, 5.41) is 0. The normalized spacial score (nSPS) is 10.8. The molecule has 0 aliphatic heterocycles. The van der Waals surface area contributed by atoms with Gasteiger partial charge >= 0.3 is 0 Å². The van der Waals surface area contributed by atoms with Crippen LogP contribution in [0, 0.1) is 0 Å². The summed E-state index contributed by atoms with van der Waals surface area (Å²) >= 11 is 0. The number of hydrogen-bond acceptors (Lipinski definition) is 2. The third kappa shape index (κ3) is 5.14. The van der Waals surface area contributed by atoms with Crippen molar-refractivity contribution in [3.8, 4) is 0 Å². The monoisotopic (exact) mass is 234 g/mol. The molecule has 2 nitrogen and oxygen atoms in total. The maximum atomic E-state index is 11.6. The number of rotatable bonds is 7. The van der Waals surface area contributed by atoms with Gasteiger partial charge in [-0.05, 0) is 23.5 Å². The van der Waals surface area contributed by atoms with Crippen LogP contribution < -0.4 is 0 Å². The molecule has 0 saturated heterocycles. The van der Waals surface area contributed by atoms with Crippen molar-refractivity contribution >= 4 is 5.78 Å². The second-order valence-corrected chi connectivity index (χ2v) is 4.66. The highest BCUT2D eigenvalue weighted by molar-refractivity contribution is 5.82. The van der Waals surface area contributed by atoms with Crippen LogP contribution in [0.5, 0.6) is 0 Å². The minimum atomic E-state index is 0.149. The van der Waals surface area contributed by atoms with Gasteiger partial charge in [-0.25, -0.2) is 0 Å². The van der Waals surface area contributed by atoms with E-state index in [0.717, 1.165) is 12.0 Å². The number of ketones is 1. The van der Waals surface area contributed by atoms with Crippen molar-refractivity contribution in [3.05, 3.63) is 35.4 Å². The average molecular weight is 234 g/mol. The topological polar surface area (TPSA) is 26.3 Å². The van der Waals surface area contributed by atoms with Crippen LogP contribution in [0.15, 0.2) is 24.3 Å². The molecular formula is C15H22O2. The number of benzene rings is 1. The van der Waals surface area contributed by atoms with Crippen LogP contribution >= 0.6 is 0 Å². The first-order valence-corrected chi connectivity index (χ1v) is 6.31. The third-order valence-electron chi connectivity index (χ3n) is 2.66. The van der Waals surface area contributed by atoms with Crippen LogP contribution in [0.3, 0.4) is 0 Å². The van der Waals surface area contributed by atoms with Crippen molar-refractivity contribution in [2.45, 2.75) is 39.5 Å². The predicted molar refractivity (Wildman–Crippen MR) is 70.4 cm³/mol. The summed E-state index contributed by atoms with van der Waals surface area (Å²) in [6.45, 7) is 7.27. The number of carbonyl (C=O) groups is 1. The molecule has 0 spiro atoms. The van der Waals surface area contributed by atoms with E-state index in [-0.39, 0.29) is 12.4 Å². The second-order valence-electron chi connectivity index (χ2n) is 4.66. The van der Waals surface area contributed by atoms with Gasteiger partial charge in [-0.1, -0.05) is 45.0 Å². The predicted octanol–water partition coefficient (Wildman–Crippen LogP) is 3.35. The molecule has 0 aliphatic carbocycles. The Kier molecular flexibility index (Phi) is 5.92. The van der Waals surface area contributed by atoms with Gasteiger partial charge in [-0.15, -0.1) is 0 Å². The lowest BCUT2D eigenvalue weighted by Gasteiger charge is -2.06. The zero-order chi connectivity index (χ0) is 12.7. The summed E-state index contributed by atoms with van der Waals surface area (Å²) in [5.41, 5.74) is 2.38. The maximum absolute atomic E-state index is 11.6. The van der Waals surface area contributed by atoms with Gasteiger partial charge in [-0.3, -0.25) is 4.79 Å². The Hall–Kier alpha value is -1.15. The first-order valence-electron chi connectivity index (χ1n) is 6.31. The molecule has 0 fully saturated rings. The lowest BCUT2D eigenvalue weighted by atomic mass is 10.0. The Morgan fingerprint density at radius 2 is 1.88 bits per heavy atom. The van der Waals surface area contributed by atoms with Crippen molar-refractivity contribution in [2.75, 3.05) is 13.2 Å². The smallest absolute Gasteiger partial charge is 0.162 e. The molecule has 0 heterocycles. The molecule has 0 amide bonds. The highest BCUT2D eigenvalue weighted by Crippen LogP contribution is 2.14. The lowest BCUT2D eigenvalue weighted by molar-refractivity contribution is -0.122. The zero-order valence-electron chi connectivity index (χ0n) is 11.0. The van der Waals surface area contributed by atoms with E-state index >= 15 is 0 Å². The SMILES string of the molecule is CCCOCC(=O)Cc1ccc(C(C)C)cc1. The number of Topliss-reactive ketones (excluding diaryl/α,β-unsaturated/α-hetero) is 1.